The smallest absolute Gasteiger partial charge is 0.204 e. The molecule has 3 aromatic carbocycles. The zero-order valence-corrected chi connectivity index (χ0v) is 26.5. The first-order valence-corrected chi connectivity index (χ1v) is 14.6. The molecule has 4 N–H and O–H groups in total. The summed E-state index contributed by atoms with van der Waals surface area (Å²) in [7, 11) is 8.65. The van der Waals surface area contributed by atoms with Gasteiger partial charge < -0.3 is 63.1 Å². The number of ether oxygens (including phenoxy) is 9. The Bertz CT molecular complexity index is 1450. The summed E-state index contributed by atoms with van der Waals surface area (Å²) in [6, 6.07) is 9.90. The second kappa shape index (κ2) is 14.0. The minimum atomic E-state index is -1.36. The average molecular weight is 645 g/mol. The van der Waals surface area contributed by atoms with Crippen LogP contribution in [0.15, 0.2) is 36.4 Å². The lowest BCUT2D eigenvalue weighted by Gasteiger charge is -2.26. The topological polar surface area (TPSA) is 164 Å². The maximum atomic E-state index is 11.2. The number of aliphatic hydroxyl groups is 2. The Kier molecular flexibility index (Phi) is 10.1. The molecular formula is C33H40O13. The summed E-state index contributed by atoms with van der Waals surface area (Å²) < 4.78 is 51.2. The molecule has 0 spiro atoms. The highest BCUT2D eigenvalue weighted by molar-refractivity contribution is 5.56. The summed E-state index contributed by atoms with van der Waals surface area (Å²) >= 11 is 0. The second-order valence-electron chi connectivity index (χ2n) is 10.9. The molecular weight excluding hydrogens is 604 g/mol. The van der Waals surface area contributed by atoms with Gasteiger partial charge in [-0.3, -0.25) is 0 Å². The van der Waals surface area contributed by atoms with Gasteiger partial charge in [-0.25, -0.2) is 0 Å². The van der Waals surface area contributed by atoms with Crippen LogP contribution < -0.4 is 33.2 Å². The summed E-state index contributed by atoms with van der Waals surface area (Å²) in [6.07, 6.45) is -3.19. The van der Waals surface area contributed by atoms with Crippen molar-refractivity contribution in [2.45, 2.75) is 24.4 Å². The third-order valence-corrected chi connectivity index (χ3v) is 8.55. The molecule has 250 valence electrons. The minimum Gasteiger partial charge on any atom is -0.502 e. The van der Waals surface area contributed by atoms with E-state index in [4.69, 9.17) is 42.6 Å². The van der Waals surface area contributed by atoms with Gasteiger partial charge in [-0.05, 0) is 53.1 Å². The Morgan fingerprint density at radius 2 is 1.00 bits per heavy atom. The molecule has 46 heavy (non-hydrogen) atoms. The number of hydrogen-bond donors (Lipinski definition) is 4. The molecule has 0 bridgehead atoms. The van der Waals surface area contributed by atoms with Crippen LogP contribution in [0.1, 0.15) is 35.0 Å². The summed E-state index contributed by atoms with van der Waals surface area (Å²) in [5.74, 6) is 1.21. The summed E-state index contributed by atoms with van der Waals surface area (Å²) in [5, 5.41) is 42.1. The molecule has 3 aromatic rings. The van der Waals surface area contributed by atoms with Gasteiger partial charge in [-0.15, -0.1) is 0 Å². The number of hydrogen-bond acceptors (Lipinski definition) is 13. The first-order chi connectivity index (χ1) is 22.2. The van der Waals surface area contributed by atoms with Crippen molar-refractivity contribution >= 4 is 0 Å². The van der Waals surface area contributed by atoms with Crippen LogP contribution >= 0.6 is 0 Å². The molecule has 2 aliphatic heterocycles. The number of rotatable bonds is 13. The first-order valence-electron chi connectivity index (χ1n) is 14.6. The van der Waals surface area contributed by atoms with Crippen LogP contribution in [0.4, 0.5) is 0 Å². The molecule has 6 atom stereocenters. The predicted octanol–water partition coefficient (Wildman–Crippen LogP) is 3.70. The molecule has 13 nitrogen and oxygen atoms in total. The van der Waals surface area contributed by atoms with Gasteiger partial charge in [0.2, 0.25) is 17.2 Å². The van der Waals surface area contributed by atoms with Crippen molar-refractivity contribution in [2.24, 2.45) is 11.8 Å². The summed E-state index contributed by atoms with van der Waals surface area (Å²) in [6.45, 7) is 0.279. The highest BCUT2D eigenvalue weighted by Crippen LogP contribution is 2.54. The third kappa shape index (κ3) is 5.98. The molecule has 0 saturated carbocycles. The standard InChI is InChI=1S/C33H40O13/c1-38-21-7-16(8-22(39-2)29(21)36)28(35)27(13-34)46-33-25(42-5)11-18(12-26(33)43-6)32-20-15-44-31(19(20)14-45-32)17-9-23(40-3)30(37)24(10-17)41-4/h7-12,19-20,27-28,31-32,34-37H,13-15H2,1-6H3/t19-,20-,27+,28+,31+,32+/m1/s1. The third-order valence-electron chi connectivity index (χ3n) is 8.55. The van der Waals surface area contributed by atoms with Crippen molar-refractivity contribution in [2.75, 3.05) is 62.5 Å². The van der Waals surface area contributed by atoms with Gasteiger partial charge in [-0.2, -0.15) is 0 Å². The van der Waals surface area contributed by atoms with E-state index < -0.39 is 18.8 Å². The van der Waals surface area contributed by atoms with E-state index >= 15 is 0 Å². The Balaban J connectivity index is 1.41. The maximum absolute atomic E-state index is 11.2. The fourth-order valence-corrected chi connectivity index (χ4v) is 6.15. The molecule has 0 aliphatic carbocycles. The largest absolute Gasteiger partial charge is 0.502 e. The van der Waals surface area contributed by atoms with E-state index in [0.717, 1.165) is 11.1 Å². The van der Waals surface area contributed by atoms with Gasteiger partial charge in [0.05, 0.1) is 74.7 Å². The molecule has 0 radical (unpaired) electrons. The van der Waals surface area contributed by atoms with Gasteiger partial charge >= 0.3 is 0 Å². The number of methoxy groups -OCH3 is 6. The van der Waals surface area contributed by atoms with Crippen LogP contribution in [0.2, 0.25) is 0 Å². The van der Waals surface area contributed by atoms with Gasteiger partial charge in [0.15, 0.2) is 40.6 Å². The lowest BCUT2D eigenvalue weighted by atomic mass is 9.84. The van der Waals surface area contributed by atoms with Crippen molar-refractivity contribution in [3.8, 4) is 51.7 Å². The Morgan fingerprint density at radius 1 is 0.630 bits per heavy atom. The van der Waals surface area contributed by atoms with Gasteiger partial charge in [-0.1, -0.05) is 0 Å². The van der Waals surface area contributed by atoms with Crippen molar-refractivity contribution in [3.05, 3.63) is 53.1 Å². The van der Waals surface area contributed by atoms with Gasteiger partial charge in [0, 0.05) is 11.8 Å². The monoisotopic (exact) mass is 644 g/mol. The first kappa shape index (κ1) is 33.1. The Labute approximate surface area is 266 Å². The molecule has 2 heterocycles. The SMILES string of the molecule is COc1cc([C@H](O)[C@H](CO)Oc2c(OC)cc([C@@H]3OC[C@@H]4[C@H]3CO[C@H]4c3cc(OC)c(O)c(OC)c3)cc2OC)cc(OC)c1O. The van der Waals surface area contributed by atoms with Crippen molar-refractivity contribution in [3.63, 3.8) is 0 Å². The highest BCUT2D eigenvalue weighted by atomic mass is 16.6. The molecule has 5 rings (SSSR count). The van der Waals surface area contributed by atoms with Crippen molar-refractivity contribution < 1.29 is 63.1 Å². The molecule has 0 unspecified atom stereocenters. The van der Waals surface area contributed by atoms with Crippen LogP contribution in [-0.2, 0) is 9.47 Å². The van der Waals surface area contributed by atoms with Crippen LogP contribution in [0.25, 0.3) is 0 Å². The normalized spacial score (nSPS) is 21.7. The van der Waals surface area contributed by atoms with Crippen molar-refractivity contribution in [1.82, 2.24) is 0 Å². The molecule has 0 aromatic heterocycles. The Morgan fingerprint density at radius 3 is 1.37 bits per heavy atom. The van der Waals surface area contributed by atoms with Crippen LogP contribution in [0.5, 0.6) is 51.7 Å². The molecule has 2 aliphatic rings. The van der Waals surface area contributed by atoms with Crippen LogP contribution in [0.3, 0.4) is 0 Å². The molecule has 2 fully saturated rings. The number of phenols is 2. The molecule has 0 amide bonds. The molecule has 2 saturated heterocycles. The predicted molar refractivity (Wildman–Crippen MR) is 163 cm³/mol. The number of fused-ring (bicyclic) bond motifs is 1. The van der Waals surface area contributed by atoms with E-state index in [-0.39, 0.29) is 69.9 Å². The number of phenolic OH excluding ortho intramolecular Hbond substituents is 2. The number of aliphatic hydroxyl groups excluding tert-OH is 2. The van der Waals surface area contributed by atoms with E-state index in [1.165, 1.54) is 54.8 Å². The second-order valence-corrected chi connectivity index (χ2v) is 10.9. The van der Waals surface area contributed by atoms with Gasteiger partial charge in [0.25, 0.3) is 0 Å². The Hall–Kier alpha value is -4.30. The van der Waals surface area contributed by atoms with Gasteiger partial charge in [0.1, 0.15) is 6.10 Å². The number of benzene rings is 3. The lowest BCUT2D eigenvalue weighted by Crippen LogP contribution is -2.29. The quantitative estimate of drug-likeness (QED) is 0.213. The van der Waals surface area contributed by atoms with E-state index in [0.29, 0.717) is 24.7 Å². The van der Waals surface area contributed by atoms with E-state index in [1.54, 1.807) is 24.3 Å². The zero-order valence-electron chi connectivity index (χ0n) is 26.5. The summed E-state index contributed by atoms with van der Waals surface area (Å²) in [5.41, 5.74) is 1.86. The summed E-state index contributed by atoms with van der Waals surface area (Å²) in [4.78, 5) is 0. The fourth-order valence-electron chi connectivity index (χ4n) is 6.15. The van der Waals surface area contributed by atoms with E-state index in [1.807, 2.05) is 0 Å². The highest BCUT2D eigenvalue weighted by Gasteiger charge is 2.49. The van der Waals surface area contributed by atoms with E-state index in [2.05, 4.69) is 0 Å². The lowest BCUT2D eigenvalue weighted by molar-refractivity contribution is -0.00206. The zero-order chi connectivity index (χ0) is 33.1. The minimum absolute atomic E-state index is 0.00470. The molecule has 13 heteroatoms. The average Bonchev–Trinajstić information content (AvgIpc) is 3.69. The van der Waals surface area contributed by atoms with Crippen molar-refractivity contribution in [1.29, 1.82) is 0 Å². The number of aromatic hydroxyl groups is 2. The fraction of sp³-hybridized carbons (Fsp3) is 0.455. The maximum Gasteiger partial charge on any atom is 0.204 e. The van der Waals surface area contributed by atoms with Crippen LogP contribution in [0, 0.1) is 11.8 Å². The van der Waals surface area contributed by atoms with E-state index in [9.17, 15) is 20.4 Å². The van der Waals surface area contributed by atoms with Crippen LogP contribution in [-0.4, -0.2) is 89.0 Å².